The molecule has 0 saturated carbocycles. The maximum Gasteiger partial charge on any atom is 0.258 e. The minimum absolute atomic E-state index is 0.0188. The number of anilines is 2. The highest BCUT2D eigenvalue weighted by Crippen LogP contribution is 2.35. The van der Waals surface area contributed by atoms with Crippen molar-refractivity contribution in [2.75, 3.05) is 16.7 Å². The minimum Gasteiger partial charge on any atom is -0.467 e. The van der Waals surface area contributed by atoms with Crippen LogP contribution in [0.4, 0.5) is 15.9 Å². The van der Waals surface area contributed by atoms with Crippen molar-refractivity contribution in [3.8, 4) is 17.1 Å². The van der Waals surface area contributed by atoms with E-state index in [2.05, 4.69) is 14.7 Å². The molecule has 30 heavy (non-hydrogen) atoms. The molecule has 0 amide bonds. The Bertz CT molecular complexity index is 1210. The van der Waals surface area contributed by atoms with Crippen molar-refractivity contribution in [3.63, 3.8) is 0 Å². The average Bonchev–Trinajstić information content (AvgIpc) is 2.66. The summed E-state index contributed by atoms with van der Waals surface area (Å²) in [6, 6.07) is 9.45. The summed E-state index contributed by atoms with van der Waals surface area (Å²) in [4.78, 5) is 8.50. The summed E-state index contributed by atoms with van der Waals surface area (Å²) in [7, 11) is -3.50. The van der Waals surface area contributed by atoms with Crippen LogP contribution in [-0.4, -0.2) is 24.6 Å². The SMILES string of the molecule is CC(Oc1nc(-c2ccccc2NS(C)(=O)=O)cnc1N)c1c(Cl)ccc(F)c1I. The number of para-hydroxylation sites is 1. The number of rotatable bonds is 6. The number of sulfonamides is 1. The van der Waals surface area contributed by atoms with Crippen LogP contribution in [-0.2, 0) is 10.0 Å². The average molecular weight is 563 g/mol. The monoisotopic (exact) mass is 562 g/mol. The molecule has 2 aromatic carbocycles. The van der Waals surface area contributed by atoms with E-state index >= 15 is 0 Å². The second-order valence-corrected chi connectivity index (χ2v) is 9.62. The quantitative estimate of drug-likeness (QED) is 0.335. The van der Waals surface area contributed by atoms with Crippen LogP contribution in [0.15, 0.2) is 42.6 Å². The van der Waals surface area contributed by atoms with Gasteiger partial charge in [-0.2, -0.15) is 0 Å². The van der Waals surface area contributed by atoms with Crippen molar-refractivity contribution in [2.45, 2.75) is 13.0 Å². The number of hydrogen-bond acceptors (Lipinski definition) is 6. The van der Waals surface area contributed by atoms with Gasteiger partial charge >= 0.3 is 0 Å². The second kappa shape index (κ2) is 8.90. The molecule has 3 N–H and O–H groups in total. The smallest absolute Gasteiger partial charge is 0.258 e. The van der Waals surface area contributed by atoms with Crippen LogP contribution in [0, 0.1) is 9.39 Å². The lowest BCUT2D eigenvalue weighted by atomic mass is 10.1. The van der Waals surface area contributed by atoms with Gasteiger partial charge in [-0.15, -0.1) is 0 Å². The van der Waals surface area contributed by atoms with E-state index in [-0.39, 0.29) is 11.7 Å². The Morgan fingerprint density at radius 1 is 1.27 bits per heavy atom. The third-order valence-corrected chi connectivity index (χ3v) is 6.06. The zero-order valence-corrected chi connectivity index (χ0v) is 19.6. The van der Waals surface area contributed by atoms with Crippen LogP contribution in [0.1, 0.15) is 18.6 Å². The first kappa shape index (κ1) is 22.5. The van der Waals surface area contributed by atoms with Gasteiger partial charge in [0.15, 0.2) is 5.82 Å². The van der Waals surface area contributed by atoms with Crippen molar-refractivity contribution in [1.82, 2.24) is 9.97 Å². The van der Waals surface area contributed by atoms with Gasteiger partial charge in [0, 0.05) is 16.1 Å². The van der Waals surface area contributed by atoms with Gasteiger partial charge in [0.2, 0.25) is 10.0 Å². The molecule has 1 aromatic heterocycles. The summed E-state index contributed by atoms with van der Waals surface area (Å²) < 4.78 is 45.9. The largest absolute Gasteiger partial charge is 0.467 e. The first-order valence-electron chi connectivity index (χ1n) is 8.56. The van der Waals surface area contributed by atoms with Crippen LogP contribution in [0.3, 0.4) is 0 Å². The molecule has 3 aromatic rings. The van der Waals surface area contributed by atoms with Gasteiger partial charge < -0.3 is 10.5 Å². The van der Waals surface area contributed by atoms with Crippen LogP contribution < -0.4 is 15.2 Å². The second-order valence-electron chi connectivity index (χ2n) is 6.38. The lowest BCUT2D eigenvalue weighted by Crippen LogP contribution is -2.12. The number of ether oxygens (including phenoxy) is 1. The number of nitrogens with zero attached hydrogens (tertiary/aromatic N) is 2. The summed E-state index contributed by atoms with van der Waals surface area (Å²) in [6.45, 7) is 1.69. The first-order chi connectivity index (χ1) is 14.1. The molecule has 0 fully saturated rings. The van der Waals surface area contributed by atoms with Gasteiger partial charge in [-0.25, -0.2) is 22.8 Å². The number of halogens is 3. The number of nitrogens with one attached hydrogen (secondary N) is 1. The molecule has 158 valence electrons. The lowest BCUT2D eigenvalue weighted by molar-refractivity contribution is 0.217. The minimum atomic E-state index is -3.50. The highest BCUT2D eigenvalue weighted by Gasteiger charge is 2.21. The van der Waals surface area contributed by atoms with Crippen molar-refractivity contribution in [2.24, 2.45) is 0 Å². The van der Waals surface area contributed by atoms with Gasteiger partial charge in [0.05, 0.1) is 27.4 Å². The fraction of sp³-hybridized carbons (Fsp3) is 0.158. The summed E-state index contributed by atoms with van der Waals surface area (Å²) in [5.41, 5.74) is 7.55. The highest BCUT2D eigenvalue weighted by atomic mass is 127. The molecule has 0 aliphatic heterocycles. The molecule has 0 aliphatic carbocycles. The summed E-state index contributed by atoms with van der Waals surface area (Å²) in [5, 5.41) is 0.346. The molecular formula is C19H17ClFIN4O3S. The van der Waals surface area contributed by atoms with Crippen molar-refractivity contribution in [3.05, 3.63) is 62.6 Å². The summed E-state index contributed by atoms with van der Waals surface area (Å²) in [5.74, 6) is -0.369. The molecule has 3 rings (SSSR count). The number of hydrogen-bond donors (Lipinski definition) is 2. The standard InChI is InChI=1S/C19H17ClFIN4O3S/c1-10(16-12(20)7-8-13(21)17(16)22)29-19-18(23)24-9-15(25-19)11-5-3-4-6-14(11)26-30(2,27)28/h3-10,26H,1-2H3,(H2,23,24). The molecule has 0 aliphatic rings. The zero-order valence-electron chi connectivity index (χ0n) is 15.9. The number of nitrogen functional groups attached to an aromatic ring is 1. The van der Waals surface area contributed by atoms with Crippen LogP contribution in [0.25, 0.3) is 11.3 Å². The van der Waals surface area contributed by atoms with Crippen molar-refractivity contribution in [1.29, 1.82) is 0 Å². The molecule has 7 nitrogen and oxygen atoms in total. The van der Waals surface area contributed by atoms with Crippen LogP contribution >= 0.6 is 34.2 Å². The van der Waals surface area contributed by atoms with Gasteiger partial charge in [-0.1, -0.05) is 29.8 Å². The molecule has 1 unspecified atom stereocenters. The fourth-order valence-electron chi connectivity index (χ4n) is 2.73. The van der Waals surface area contributed by atoms with Gasteiger partial charge in [0.25, 0.3) is 5.88 Å². The zero-order chi connectivity index (χ0) is 22.1. The molecule has 1 heterocycles. The van der Waals surface area contributed by atoms with E-state index in [0.717, 1.165) is 6.26 Å². The normalized spacial score (nSPS) is 12.4. The number of benzene rings is 2. The number of aromatic nitrogens is 2. The third-order valence-electron chi connectivity index (χ3n) is 4.04. The maximum atomic E-state index is 14.0. The Labute approximate surface area is 192 Å². The summed E-state index contributed by atoms with van der Waals surface area (Å²) >= 11 is 8.09. The Kier molecular flexibility index (Phi) is 6.68. The van der Waals surface area contributed by atoms with E-state index in [9.17, 15) is 12.8 Å². The van der Waals surface area contributed by atoms with E-state index in [1.807, 2.05) is 22.6 Å². The Morgan fingerprint density at radius 3 is 2.67 bits per heavy atom. The summed E-state index contributed by atoms with van der Waals surface area (Å²) in [6.07, 6.45) is 1.80. The van der Waals surface area contributed by atoms with Gasteiger partial charge in [-0.3, -0.25) is 4.72 Å². The van der Waals surface area contributed by atoms with E-state index in [4.69, 9.17) is 22.1 Å². The Hall–Kier alpha value is -2.18. The molecule has 0 spiro atoms. The van der Waals surface area contributed by atoms with Crippen LogP contribution in [0.5, 0.6) is 5.88 Å². The molecule has 11 heteroatoms. The van der Waals surface area contributed by atoms with E-state index in [1.165, 1.54) is 18.3 Å². The number of nitrogens with two attached hydrogens (primary N) is 1. The molecule has 0 saturated heterocycles. The van der Waals surface area contributed by atoms with E-state index in [1.54, 1.807) is 31.2 Å². The van der Waals surface area contributed by atoms with E-state index in [0.29, 0.717) is 31.1 Å². The third kappa shape index (κ3) is 5.10. The maximum absolute atomic E-state index is 14.0. The van der Waals surface area contributed by atoms with Crippen molar-refractivity contribution >= 4 is 55.7 Å². The van der Waals surface area contributed by atoms with Gasteiger partial charge in [0.1, 0.15) is 11.9 Å². The predicted octanol–water partition coefficient (Wildman–Crippen LogP) is 4.63. The van der Waals surface area contributed by atoms with Crippen LogP contribution in [0.2, 0.25) is 5.02 Å². The molecule has 1 atom stereocenters. The highest BCUT2D eigenvalue weighted by molar-refractivity contribution is 14.1. The van der Waals surface area contributed by atoms with Crippen molar-refractivity contribution < 1.29 is 17.5 Å². The molecule has 0 bridgehead atoms. The predicted molar refractivity (Wildman–Crippen MR) is 124 cm³/mol. The topological polar surface area (TPSA) is 107 Å². The molecular weight excluding hydrogens is 546 g/mol. The Morgan fingerprint density at radius 2 is 1.97 bits per heavy atom. The van der Waals surface area contributed by atoms with Gasteiger partial charge in [-0.05, 0) is 47.7 Å². The Balaban J connectivity index is 1.99. The fourth-order valence-corrected chi connectivity index (χ4v) is 4.69. The molecule has 0 radical (unpaired) electrons. The lowest BCUT2D eigenvalue weighted by Gasteiger charge is -2.19. The first-order valence-corrected chi connectivity index (χ1v) is 11.9. The van der Waals surface area contributed by atoms with E-state index < -0.39 is 21.9 Å².